The summed E-state index contributed by atoms with van der Waals surface area (Å²) in [5.41, 5.74) is 1.37. The predicted octanol–water partition coefficient (Wildman–Crippen LogP) is 6.01. The van der Waals surface area contributed by atoms with Crippen LogP contribution >= 0.6 is 0 Å². The summed E-state index contributed by atoms with van der Waals surface area (Å²) in [6, 6.07) is 11.1. The van der Waals surface area contributed by atoms with Crippen LogP contribution in [-0.4, -0.2) is 21.0 Å². The highest BCUT2D eigenvalue weighted by molar-refractivity contribution is 5.94. The zero-order chi connectivity index (χ0) is 23.6. The third-order valence-corrected chi connectivity index (χ3v) is 5.29. The van der Waals surface area contributed by atoms with E-state index in [0.717, 1.165) is 6.07 Å². The van der Waals surface area contributed by atoms with Gasteiger partial charge in [0.05, 0.1) is 11.3 Å². The standard InChI is InChI=1S/C24H18F4N2O3/c25-16-9-7-14(8-10-16)13-33-22-19(11-15(12-29-22)24(26,27)28)17-3-1-4-18(17)20-5-2-6-21(30-20)23(31)32/h2,5-12H,1,3-4,13H2,(H,31,32). The lowest BCUT2D eigenvalue weighted by Crippen LogP contribution is -2.09. The average molecular weight is 458 g/mol. The van der Waals surface area contributed by atoms with Gasteiger partial charge in [0, 0.05) is 11.8 Å². The lowest BCUT2D eigenvalue weighted by molar-refractivity contribution is -0.137. The average Bonchev–Trinajstić information content (AvgIpc) is 3.28. The summed E-state index contributed by atoms with van der Waals surface area (Å²) in [5, 5.41) is 9.24. The number of carboxylic acid groups (broad SMARTS) is 1. The van der Waals surface area contributed by atoms with Gasteiger partial charge in [0.1, 0.15) is 18.1 Å². The van der Waals surface area contributed by atoms with E-state index in [2.05, 4.69) is 9.97 Å². The number of halogens is 4. The molecule has 33 heavy (non-hydrogen) atoms. The first-order valence-electron chi connectivity index (χ1n) is 10.1. The van der Waals surface area contributed by atoms with Crippen LogP contribution in [0.2, 0.25) is 0 Å². The van der Waals surface area contributed by atoms with Gasteiger partial charge in [0.15, 0.2) is 0 Å². The number of nitrogens with zero attached hydrogens (tertiary/aromatic N) is 2. The van der Waals surface area contributed by atoms with E-state index in [-0.39, 0.29) is 23.7 Å². The summed E-state index contributed by atoms with van der Waals surface area (Å²) in [5.74, 6) is -1.60. The Kier molecular flexibility index (Phi) is 6.13. The number of aromatic nitrogens is 2. The number of aromatic carboxylic acids is 1. The topological polar surface area (TPSA) is 72.3 Å². The van der Waals surface area contributed by atoms with Gasteiger partial charge >= 0.3 is 12.1 Å². The molecule has 0 amide bonds. The van der Waals surface area contributed by atoms with Crippen LogP contribution in [0.3, 0.4) is 0 Å². The maximum absolute atomic E-state index is 13.4. The fourth-order valence-electron chi connectivity index (χ4n) is 3.72. The van der Waals surface area contributed by atoms with Gasteiger partial charge in [-0.15, -0.1) is 0 Å². The van der Waals surface area contributed by atoms with Crippen LogP contribution in [0, 0.1) is 5.82 Å². The first kappa shape index (κ1) is 22.4. The molecule has 3 aromatic rings. The Morgan fingerprint density at radius 2 is 1.79 bits per heavy atom. The molecule has 0 fully saturated rings. The van der Waals surface area contributed by atoms with Crippen LogP contribution in [0.1, 0.15) is 52.1 Å². The van der Waals surface area contributed by atoms with E-state index in [0.29, 0.717) is 47.9 Å². The molecule has 0 unspecified atom stereocenters. The molecule has 0 aliphatic heterocycles. The summed E-state index contributed by atoms with van der Waals surface area (Å²) in [7, 11) is 0. The predicted molar refractivity (Wildman–Crippen MR) is 112 cm³/mol. The minimum absolute atomic E-state index is 0.0103. The van der Waals surface area contributed by atoms with Crippen LogP contribution < -0.4 is 4.74 Å². The van der Waals surface area contributed by atoms with Gasteiger partial charge < -0.3 is 9.84 Å². The summed E-state index contributed by atoms with van der Waals surface area (Å²) in [4.78, 5) is 19.4. The lowest BCUT2D eigenvalue weighted by Gasteiger charge is -2.16. The second kappa shape index (κ2) is 9.01. The molecule has 5 nitrogen and oxygen atoms in total. The second-order valence-electron chi connectivity index (χ2n) is 7.51. The molecule has 2 heterocycles. The summed E-state index contributed by atoms with van der Waals surface area (Å²) in [6.07, 6.45) is -2.24. The van der Waals surface area contributed by atoms with E-state index in [4.69, 9.17) is 4.74 Å². The molecule has 1 N–H and O–H groups in total. The van der Waals surface area contributed by atoms with Gasteiger partial charge in [-0.1, -0.05) is 18.2 Å². The number of carboxylic acids is 1. The third kappa shape index (κ3) is 5.02. The molecule has 170 valence electrons. The van der Waals surface area contributed by atoms with Crippen molar-refractivity contribution >= 4 is 17.1 Å². The zero-order valence-electron chi connectivity index (χ0n) is 17.2. The SMILES string of the molecule is O=C(O)c1cccc(C2=C(c3cc(C(F)(F)F)cnc3OCc3ccc(F)cc3)CCC2)n1. The maximum atomic E-state index is 13.4. The van der Waals surface area contributed by atoms with Crippen molar-refractivity contribution in [3.63, 3.8) is 0 Å². The number of carbonyl (C=O) groups is 1. The number of alkyl halides is 3. The molecule has 0 bridgehead atoms. The zero-order valence-corrected chi connectivity index (χ0v) is 17.2. The molecule has 9 heteroatoms. The van der Waals surface area contributed by atoms with Crippen molar-refractivity contribution in [2.75, 3.05) is 0 Å². The highest BCUT2D eigenvalue weighted by Gasteiger charge is 2.33. The number of hydrogen-bond donors (Lipinski definition) is 1. The summed E-state index contributed by atoms with van der Waals surface area (Å²) in [6.45, 7) is -0.0129. The minimum Gasteiger partial charge on any atom is -0.477 e. The lowest BCUT2D eigenvalue weighted by atomic mass is 9.99. The van der Waals surface area contributed by atoms with Crippen molar-refractivity contribution in [2.24, 2.45) is 0 Å². The number of rotatable bonds is 6. The van der Waals surface area contributed by atoms with Crippen molar-refractivity contribution in [1.29, 1.82) is 0 Å². The molecule has 1 aromatic carbocycles. The maximum Gasteiger partial charge on any atom is 0.417 e. The molecule has 0 saturated heterocycles. The molecule has 0 radical (unpaired) electrons. The minimum atomic E-state index is -4.60. The van der Waals surface area contributed by atoms with Gasteiger partial charge in [-0.05, 0) is 66.3 Å². The molecule has 1 aliphatic rings. The van der Waals surface area contributed by atoms with E-state index in [1.807, 2.05) is 0 Å². The van der Waals surface area contributed by atoms with E-state index in [9.17, 15) is 27.5 Å². The van der Waals surface area contributed by atoms with Gasteiger partial charge in [0.2, 0.25) is 5.88 Å². The summed E-state index contributed by atoms with van der Waals surface area (Å²) < 4.78 is 59.2. The Balaban J connectivity index is 1.77. The van der Waals surface area contributed by atoms with Crippen LogP contribution in [0.25, 0.3) is 11.1 Å². The Bertz CT molecular complexity index is 1220. The van der Waals surface area contributed by atoms with E-state index >= 15 is 0 Å². The Morgan fingerprint density at radius 1 is 1.06 bits per heavy atom. The number of benzene rings is 1. The van der Waals surface area contributed by atoms with E-state index < -0.39 is 23.5 Å². The van der Waals surface area contributed by atoms with E-state index in [1.165, 1.54) is 30.3 Å². The van der Waals surface area contributed by atoms with Gasteiger partial charge in [-0.2, -0.15) is 13.2 Å². The summed E-state index contributed by atoms with van der Waals surface area (Å²) >= 11 is 0. The van der Waals surface area contributed by atoms with E-state index in [1.54, 1.807) is 12.1 Å². The highest BCUT2D eigenvalue weighted by Crippen LogP contribution is 2.43. The normalized spacial score (nSPS) is 13.9. The Hall–Kier alpha value is -3.75. The molecule has 0 spiro atoms. The smallest absolute Gasteiger partial charge is 0.417 e. The monoisotopic (exact) mass is 458 g/mol. The van der Waals surface area contributed by atoms with Crippen LogP contribution in [0.4, 0.5) is 17.6 Å². The number of hydrogen-bond acceptors (Lipinski definition) is 4. The molecule has 0 atom stereocenters. The largest absolute Gasteiger partial charge is 0.477 e. The fraction of sp³-hybridized carbons (Fsp3) is 0.208. The van der Waals surface area contributed by atoms with Gasteiger partial charge in [-0.3, -0.25) is 0 Å². The van der Waals surface area contributed by atoms with Gasteiger partial charge in [0.25, 0.3) is 0 Å². The van der Waals surface area contributed by atoms with Crippen LogP contribution in [-0.2, 0) is 12.8 Å². The second-order valence-corrected chi connectivity index (χ2v) is 7.51. The van der Waals surface area contributed by atoms with Crippen molar-refractivity contribution in [3.05, 3.63) is 88.6 Å². The highest BCUT2D eigenvalue weighted by atomic mass is 19.4. The first-order valence-corrected chi connectivity index (χ1v) is 10.1. The number of pyridine rings is 2. The fourth-order valence-corrected chi connectivity index (χ4v) is 3.72. The number of ether oxygens (including phenoxy) is 1. The molecule has 1 aliphatic carbocycles. The molecular weight excluding hydrogens is 440 g/mol. The number of allylic oxidation sites excluding steroid dienone is 2. The Morgan fingerprint density at radius 3 is 2.48 bits per heavy atom. The quantitative estimate of drug-likeness (QED) is 0.459. The Labute approximate surface area is 186 Å². The van der Waals surface area contributed by atoms with Crippen molar-refractivity contribution < 1.29 is 32.2 Å². The van der Waals surface area contributed by atoms with Crippen molar-refractivity contribution in [3.8, 4) is 5.88 Å². The molecule has 0 saturated carbocycles. The first-order chi connectivity index (χ1) is 15.7. The van der Waals surface area contributed by atoms with Crippen LogP contribution in [0.5, 0.6) is 5.88 Å². The molecule has 4 rings (SSSR count). The van der Waals surface area contributed by atoms with Crippen molar-refractivity contribution in [2.45, 2.75) is 32.0 Å². The van der Waals surface area contributed by atoms with Gasteiger partial charge in [-0.25, -0.2) is 19.2 Å². The van der Waals surface area contributed by atoms with Crippen molar-refractivity contribution in [1.82, 2.24) is 9.97 Å². The van der Waals surface area contributed by atoms with Crippen LogP contribution in [0.15, 0.2) is 54.7 Å². The molecule has 2 aromatic heterocycles. The molecular formula is C24H18F4N2O3. The third-order valence-electron chi connectivity index (χ3n) is 5.29.